The molecule has 2 atom stereocenters. The second kappa shape index (κ2) is 13.1. The molecule has 3 amide bonds. The van der Waals surface area contributed by atoms with Gasteiger partial charge in [-0.15, -0.1) is 0 Å². The van der Waals surface area contributed by atoms with Crippen molar-refractivity contribution in [3.05, 3.63) is 65.7 Å². The maximum atomic E-state index is 12.6. The summed E-state index contributed by atoms with van der Waals surface area (Å²) in [5, 5.41) is 5.63. The highest BCUT2D eigenvalue weighted by Gasteiger charge is 2.21. The molecule has 0 aliphatic heterocycles. The molecule has 0 radical (unpaired) electrons. The first-order valence-corrected chi connectivity index (χ1v) is 11.0. The maximum absolute atomic E-state index is 12.6. The molecule has 0 saturated carbocycles. The van der Waals surface area contributed by atoms with E-state index < -0.39 is 17.9 Å². The molecule has 0 bridgehead atoms. The van der Waals surface area contributed by atoms with Gasteiger partial charge in [0.15, 0.2) is 0 Å². The summed E-state index contributed by atoms with van der Waals surface area (Å²) in [5.74, 6) is -0.611. The molecule has 0 fully saturated rings. The smallest absolute Gasteiger partial charge is 0.242 e. The monoisotopic (exact) mass is 439 g/mol. The van der Waals surface area contributed by atoms with Gasteiger partial charge in [-0.2, -0.15) is 0 Å². The number of amides is 3. The van der Waals surface area contributed by atoms with Crippen molar-refractivity contribution in [3.63, 3.8) is 0 Å². The lowest BCUT2D eigenvalue weighted by molar-refractivity contribution is -0.129. The van der Waals surface area contributed by atoms with Gasteiger partial charge in [0.05, 0.1) is 0 Å². The lowest BCUT2D eigenvalue weighted by Gasteiger charge is -2.19. The van der Waals surface area contributed by atoms with E-state index in [1.807, 2.05) is 61.5 Å². The van der Waals surface area contributed by atoms with Crippen molar-refractivity contribution in [2.75, 3.05) is 6.54 Å². The Hall–Kier alpha value is -3.35. The Morgan fingerprint density at radius 2 is 1.69 bits per heavy atom. The van der Waals surface area contributed by atoms with Gasteiger partial charge in [-0.3, -0.25) is 14.4 Å². The predicted molar refractivity (Wildman–Crippen MR) is 124 cm³/mol. The van der Waals surface area contributed by atoms with Gasteiger partial charge >= 0.3 is 0 Å². The van der Waals surface area contributed by atoms with E-state index in [4.69, 9.17) is 10.5 Å². The summed E-state index contributed by atoms with van der Waals surface area (Å²) >= 11 is 0. The number of carbonyl (C=O) groups is 3. The molecule has 0 spiro atoms. The predicted octanol–water partition coefficient (Wildman–Crippen LogP) is 2.72. The van der Waals surface area contributed by atoms with Crippen LogP contribution in [0.5, 0.6) is 5.75 Å². The summed E-state index contributed by atoms with van der Waals surface area (Å²) in [6, 6.07) is 16.7. The Morgan fingerprint density at radius 3 is 2.31 bits per heavy atom. The number of hydrogen-bond donors (Lipinski definition) is 3. The van der Waals surface area contributed by atoms with Crippen LogP contribution >= 0.6 is 0 Å². The highest BCUT2D eigenvalue weighted by molar-refractivity contribution is 5.88. The van der Waals surface area contributed by atoms with Crippen molar-refractivity contribution in [1.82, 2.24) is 10.6 Å². The Morgan fingerprint density at radius 1 is 1.00 bits per heavy atom. The SMILES string of the molecule is CCCNC(=O)C(Cc1ccc(OCc2ccccc2)cc1)NC(=O)CCC(C)C(N)=O. The third-order valence-corrected chi connectivity index (χ3v) is 5.10. The third kappa shape index (κ3) is 8.79. The summed E-state index contributed by atoms with van der Waals surface area (Å²) < 4.78 is 5.80. The second-order valence-corrected chi connectivity index (χ2v) is 7.88. The van der Waals surface area contributed by atoms with Gasteiger partial charge in [0.2, 0.25) is 17.7 Å². The molecule has 2 rings (SSSR count). The molecule has 2 aromatic carbocycles. The van der Waals surface area contributed by atoms with E-state index in [2.05, 4.69) is 10.6 Å². The molecular formula is C25H33N3O4. The van der Waals surface area contributed by atoms with Crippen LogP contribution in [0.25, 0.3) is 0 Å². The third-order valence-electron chi connectivity index (χ3n) is 5.10. The quantitative estimate of drug-likeness (QED) is 0.446. The van der Waals surface area contributed by atoms with Gasteiger partial charge in [-0.1, -0.05) is 56.3 Å². The number of nitrogens with two attached hydrogens (primary N) is 1. The fourth-order valence-electron chi connectivity index (χ4n) is 3.04. The summed E-state index contributed by atoms with van der Waals surface area (Å²) in [6.45, 7) is 4.66. The van der Waals surface area contributed by atoms with Crippen LogP contribution in [0.3, 0.4) is 0 Å². The van der Waals surface area contributed by atoms with E-state index in [1.165, 1.54) is 0 Å². The zero-order valence-electron chi connectivity index (χ0n) is 18.8. The largest absolute Gasteiger partial charge is 0.489 e. The van der Waals surface area contributed by atoms with Crippen molar-refractivity contribution in [2.24, 2.45) is 11.7 Å². The average molecular weight is 440 g/mol. The maximum Gasteiger partial charge on any atom is 0.242 e. The number of benzene rings is 2. The minimum absolute atomic E-state index is 0.133. The summed E-state index contributed by atoms with van der Waals surface area (Å²) in [5.41, 5.74) is 7.23. The van der Waals surface area contributed by atoms with Gasteiger partial charge in [0.25, 0.3) is 0 Å². The molecule has 4 N–H and O–H groups in total. The van der Waals surface area contributed by atoms with Crippen molar-refractivity contribution < 1.29 is 19.1 Å². The van der Waals surface area contributed by atoms with E-state index in [1.54, 1.807) is 6.92 Å². The summed E-state index contributed by atoms with van der Waals surface area (Å²) in [7, 11) is 0. The highest BCUT2D eigenvalue weighted by atomic mass is 16.5. The summed E-state index contributed by atoms with van der Waals surface area (Å²) in [4.78, 5) is 36.1. The zero-order valence-corrected chi connectivity index (χ0v) is 18.8. The fourth-order valence-corrected chi connectivity index (χ4v) is 3.04. The Kier molecular flexibility index (Phi) is 10.2. The van der Waals surface area contributed by atoms with E-state index in [0.717, 1.165) is 23.3 Å². The van der Waals surface area contributed by atoms with Crippen LogP contribution in [0.4, 0.5) is 0 Å². The van der Waals surface area contributed by atoms with Crippen LogP contribution in [0.2, 0.25) is 0 Å². The van der Waals surface area contributed by atoms with Crippen LogP contribution in [0.1, 0.15) is 44.2 Å². The van der Waals surface area contributed by atoms with Crippen molar-refractivity contribution in [1.29, 1.82) is 0 Å². The molecule has 172 valence electrons. The second-order valence-electron chi connectivity index (χ2n) is 7.88. The van der Waals surface area contributed by atoms with Crippen molar-refractivity contribution in [2.45, 2.75) is 52.2 Å². The molecule has 2 aromatic rings. The Balaban J connectivity index is 1.95. The Labute approximate surface area is 189 Å². The number of rotatable bonds is 13. The van der Waals surface area contributed by atoms with Gasteiger partial charge in [-0.25, -0.2) is 0 Å². The highest BCUT2D eigenvalue weighted by Crippen LogP contribution is 2.16. The lowest BCUT2D eigenvalue weighted by Crippen LogP contribution is -2.48. The topological polar surface area (TPSA) is 111 Å². The van der Waals surface area contributed by atoms with E-state index in [-0.39, 0.29) is 18.2 Å². The molecular weight excluding hydrogens is 406 g/mol. The van der Waals surface area contributed by atoms with Gasteiger partial charge < -0.3 is 21.1 Å². The van der Waals surface area contributed by atoms with E-state index in [9.17, 15) is 14.4 Å². The van der Waals surface area contributed by atoms with E-state index in [0.29, 0.717) is 26.0 Å². The molecule has 2 unspecified atom stereocenters. The fraction of sp³-hybridized carbons (Fsp3) is 0.400. The number of ether oxygens (including phenoxy) is 1. The number of nitrogens with one attached hydrogen (secondary N) is 2. The first-order chi connectivity index (χ1) is 15.4. The first kappa shape index (κ1) is 24.9. The molecule has 7 heteroatoms. The molecule has 0 heterocycles. The Bertz CT molecular complexity index is 869. The molecule has 7 nitrogen and oxygen atoms in total. The minimum atomic E-state index is -0.700. The average Bonchev–Trinajstić information content (AvgIpc) is 2.80. The molecule has 0 aliphatic rings. The molecule has 0 saturated heterocycles. The molecule has 0 aromatic heterocycles. The van der Waals surface area contributed by atoms with Crippen LogP contribution < -0.4 is 21.1 Å². The van der Waals surface area contributed by atoms with Gasteiger partial charge in [-0.05, 0) is 36.1 Å². The number of carbonyl (C=O) groups excluding carboxylic acids is 3. The van der Waals surface area contributed by atoms with Crippen molar-refractivity contribution in [3.8, 4) is 5.75 Å². The summed E-state index contributed by atoms with van der Waals surface area (Å²) in [6.07, 6.45) is 1.63. The zero-order chi connectivity index (χ0) is 23.3. The molecule has 0 aliphatic carbocycles. The van der Waals surface area contributed by atoms with Crippen LogP contribution in [0.15, 0.2) is 54.6 Å². The van der Waals surface area contributed by atoms with Crippen LogP contribution in [0, 0.1) is 5.92 Å². The van der Waals surface area contributed by atoms with Gasteiger partial charge in [0.1, 0.15) is 18.4 Å². The normalized spacial score (nSPS) is 12.4. The first-order valence-electron chi connectivity index (χ1n) is 11.0. The van der Waals surface area contributed by atoms with Crippen LogP contribution in [-0.4, -0.2) is 30.3 Å². The minimum Gasteiger partial charge on any atom is -0.489 e. The van der Waals surface area contributed by atoms with E-state index >= 15 is 0 Å². The van der Waals surface area contributed by atoms with Crippen molar-refractivity contribution >= 4 is 17.7 Å². The molecule has 32 heavy (non-hydrogen) atoms. The number of primary amides is 1. The van der Waals surface area contributed by atoms with Crippen LogP contribution in [-0.2, 0) is 27.4 Å². The lowest BCUT2D eigenvalue weighted by atomic mass is 10.0. The number of hydrogen-bond acceptors (Lipinski definition) is 4. The standard InChI is InChI=1S/C25H33N3O4/c1-3-15-27-25(31)22(28-23(29)14-9-18(2)24(26)30)16-19-10-12-21(13-11-19)32-17-20-7-5-4-6-8-20/h4-8,10-13,18,22H,3,9,14-17H2,1-2H3,(H2,26,30)(H,27,31)(H,28,29). The van der Waals surface area contributed by atoms with Gasteiger partial charge in [0, 0.05) is 25.3 Å².